The van der Waals surface area contributed by atoms with Gasteiger partial charge >= 0.3 is 0 Å². The van der Waals surface area contributed by atoms with E-state index in [1.807, 2.05) is 6.07 Å². The van der Waals surface area contributed by atoms with Crippen molar-refractivity contribution in [3.8, 4) is 11.8 Å². The third-order valence-electron chi connectivity index (χ3n) is 2.01. The van der Waals surface area contributed by atoms with Crippen LogP contribution in [0.25, 0.3) is 0 Å². The molecule has 0 spiro atoms. The second kappa shape index (κ2) is 5.29. The zero-order chi connectivity index (χ0) is 12.1. The van der Waals surface area contributed by atoms with Crippen LogP contribution >= 0.6 is 11.6 Å². The first kappa shape index (κ1) is 12.2. The number of benzene rings is 1. The van der Waals surface area contributed by atoms with Gasteiger partial charge in [-0.1, -0.05) is 0 Å². The molecule has 0 atom stereocenters. The molecule has 16 heavy (non-hydrogen) atoms. The molecular formula is C11H8ClNO3. The van der Waals surface area contributed by atoms with E-state index < -0.39 is 5.78 Å². The van der Waals surface area contributed by atoms with E-state index in [9.17, 15) is 9.59 Å². The highest BCUT2D eigenvalue weighted by Gasteiger charge is 2.16. The van der Waals surface area contributed by atoms with Crippen LogP contribution in [0.5, 0.6) is 5.75 Å². The number of hydrogen-bond acceptors (Lipinski definition) is 4. The van der Waals surface area contributed by atoms with E-state index in [4.69, 9.17) is 21.6 Å². The lowest BCUT2D eigenvalue weighted by atomic mass is 10.0. The van der Waals surface area contributed by atoms with Crippen LogP contribution in [0.2, 0.25) is 0 Å². The van der Waals surface area contributed by atoms with E-state index in [1.165, 1.54) is 19.2 Å². The van der Waals surface area contributed by atoms with Crippen LogP contribution in [0.15, 0.2) is 12.1 Å². The van der Waals surface area contributed by atoms with E-state index in [-0.39, 0.29) is 28.3 Å². The largest absolute Gasteiger partial charge is 0.495 e. The Morgan fingerprint density at radius 3 is 2.75 bits per heavy atom. The molecular weight excluding hydrogens is 230 g/mol. The number of Topliss-reactive ketones (excluding diaryl/α,β-unsaturated/α-hetero) is 1. The summed E-state index contributed by atoms with van der Waals surface area (Å²) in [6, 6.07) is 4.59. The minimum atomic E-state index is -0.416. The molecule has 5 heteroatoms. The van der Waals surface area contributed by atoms with Gasteiger partial charge in [0.25, 0.3) is 0 Å². The minimum Gasteiger partial charge on any atom is -0.495 e. The number of alkyl halides is 1. The molecule has 0 aliphatic carbocycles. The summed E-state index contributed by atoms with van der Waals surface area (Å²) in [7, 11) is 1.36. The maximum absolute atomic E-state index is 11.5. The molecule has 0 aromatic heterocycles. The molecule has 0 heterocycles. The molecule has 0 radical (unpaired) electrons. The van der Waals surface area contributed by atoms with Crippen LogP contribution < -0.4 is 4.74 Å². The summed E-state index contributed by atoms with van der Waals surface area (Å²) in [5.41, 5.74) is 0.474. The molecule has 0 saturated carbocycles. The second-order valence-corrected chi connectivity index (χ2v) is 3.20. The summed E-state index contributed by atoms with van der Waals surface area (Å²) >= 11 is 5.42. The minimum absolute atomic E-state index is 0.0961. The molecule has 0 unspecified atom stereocenters. The fourth-order valence-corrected chi connectivity index (χ4v) is 1.42. The first-order chi connectivity index (χ1) is 7.67. The van der Waals surface area contributed by atoms with Gasteiger partial charge in [-0.2, -0.15) is 5.26 Å². The Labute approximate surface area is 97.4 Å². The molecule has 0 bridgehead atoms. The average Bonchev–Trinajstić information content (AvgIpc) is 2.35. The number of halogens is 1. The van der Waals surface area contributed by atoms with Gasteiger partial charge in [-0.05, 0) is 12.1 Å². The molecule has 1 aromatic carbocycles. The topological polar surface area (TPSA) is 67.2 Å². The maximum atomic E-state index is 11.5. The van der Waals surface area contributed by atoms with Crippen LogP contribution in [0.1, 0.15) is 26.3 Å². The van der Waals surface area contributed by atoms with Crippen LogP contribution in [-0.4, -0.2) is 25.1 Å². The quantitative estimate of drug-likeness (QED) is 0.455. The monoisotopic (exact) mass is 237 g/mol. The van der Waals surface area contributed by atoms with Crippen molar-refractivity contribution in [2.45, 2.75) is 0 Å². The summed E-state index contributed by atoms with van der Waals surface area (Å²) < 4.78 is 4.94. The number of nitriles is 1. The van der Waals surface area contributed by atoms with Crippen LogP contribution in [0.3, 0.4) is 0 Å². The number of methoxy groups -OCH3 is 1. The molecule has 0 N–H and O–H groups in total. The first-order valence-electron chi connectivity index (χ1n) is 4.34. The summed E-state index contributed by atoms with van der Waals surface area (Å²) in [6.07, 6.45) is 0.578. The van der Waals surface area contributed by atoms with E-state index in [0.29, 0.717) is 6.29 Å². The van der Waals surface area contributed by atoms with Crippen LogP contribution in [0.4, 0.5) is 0 Å². The van der Waals surface area contributed by atoms with E-state index >= 15 is 0 Å². The fraction of sp³-hybridized carbons (Fsp3) is 0.182. The van der Waals surface area contributed by atoms with E-state index in [2.05, 4.69) is 0 Å². The third kappa shape index (κ3) is 2.20. The number of rotatable bonds is 4. The molecule has 0 aliphatic rings. The number of ether oxygens (including phenoxy) is 1. The standard InChI is InChI=1S/C11H8ClNO3/c1-16-11-3-7(6-14)2-8(9(11)5-13)10(15)4-12/h2-3,6H,4H2,1H3. The van der Waals surface area contributed by atoms with E-state index in [0.717, 1.165) is 0 Å². The molecule has 0 aliphatic heterocycles. The van der Waals surface area contributed by atoms with Crippen molar-refractivity contribution in [3.63, 3.8) is 0 Å². The molecule has 0 fully saturated rings. The lowest BCUT2D eigenvalue weighted by Gasteiger charge is -2.07. The zero-order valence-electron chi connectivity index (χ0n) is 8.49. The summed E-state index contributed by atoms with van der Waals surface area (Å²) in [4.78, 5) is 22.1. The number of hydrogen-bond donors (Lipinski definition) is 0. The highest BCUT2D eigenvalue weighted by atomic mass is 35.5. The Hall–Kier alpha value is -1.86. The van der Waals surface area contributed by atoms with Crippen molar-refractivity contribution in [2.75, 3.05) is 13.0 Å². The summed E-state index contributed by atoms with van der Waals surface area (Å²) in [5.74, 6) is -0.471. The van der Waals surface area contributed by atoms with Crippen molar-refractivity contribution in [2.24, 2.45) is 0 Å². The van der Waals surface area contributed by atoms with Gasteiger partial charge in [-0.15, -0.1) is 11.6 Å². The van der Waals surface area contributed by atoms with Crippen molar-refractivity contribution in [1.82, 2.24) is 0 Å². The van der Waals surface area contributed by atoms with Crippen LogP contribution in [-0.2, 0) is 0 Å². The Kier molecular flexibility index (Phi) is 4.03. The molecule has 1 aromatic rings. The van der Waals surface area contributed by atoms with Gasteiger partial charge < -0.3 is 4.74 Å². The first-order valence-corrected chi connectivity index (χ1v) is 4.87. The molecule has 0 amide bonds. The Balaban J connectivity index is 3.50. The van der Waals surface area contributed by atoms with Gasteiger partial charge in [0.2, 0.25) is 0 Å². The zero-order valence-corrected chi connectivity index (χ0v) is 9.25. The fourth-order valence-electron chi connectivity index (χ4n) is 1.27. The number of carbonyl (C=O) groups is 2. The smallest absolute Gasteiger partial charge is 0.179 e. The number of nitrogens with zero attached hydrogens (tertiary/aromatic N) is 1. The third-order valence-corrected chi connectivity index (χ3v) is 2.26. The van der Waals surface area contributed by atoms with Crippen molar-refractivity contribution >= 4 is 23.7 Å². The average molecular weight is 238 g/mol. The molecule has 1 rings (SSSR count). The predicted octanol–water partition coefficient (Wildman–Crippen LogP) is 1.80. The van der Waals surface area contributed by atoms with Gasteiger partial charge in [-0.3, -0.25) is 9.59 Å². The van der Waals surface area contributed by atoms with Gasteiger partial charge in [0.1, 0.15) is 23.7 Å². The SMILES string of the molecule is COc1cc(C=O)cc(C(=O)CCl)c1C#N. The summed E-state index contributed by atoms with van der Waals surface area (Å²) in [6.45, 7) is 0. The number of ketones is 1. The van der Waals surface area contributed by atoms with Gasteiger partial charge in [0.15, 0.2) is 5.78 Å². The molecule has 4 nitrogen and oxygen atoms in total. The Morgan fingerprint density at radius 2 is 2.31 bits per heavy atom. The second-order valence-electron chi connectivity index (χ2n) is 2.93. The van der Waals surface area contributed by atoms with Crippen molar-refractivity contribution in [3.05, 3.63) is 28.8 Å². The summed E-state index contributed by atoms with van der Waals surface area (Å²) in [5, 5.41) is 8.92. The lowest BCUT2D eigenvalue weighted by Crippen LogP contribution is -2.06. The Morgan fingerprint density at radius 1 is 1.62 bits per heavy atom. The van der Waals surface area contributed by atoms with Gasteiger partial charge in [0.05, 0.1) is 13.0 Å². The Bertz CT molecular complexity index is 477. The van der Waals surface area contributed by atoms with Gasteiger partial charge in [0, 0.05) is 11.1 Å². The van der Waals surface area contributed by atoms with Crippen molar-refractivity contribution < 1.29 is 14.3 Å². The molecule has 0 saturated heterocycles. The van der Waals surface area contributed by atoms with Gasteiger partial charge in [-0.25, -0.2) is 0 Å². The van der Waals surface area contributed by atoms with E-state index in [1.54, 1.807) is 0 Å². The highest BCUT2D eigenvalue weighted by Crippen LogP contribution is 2.24. The number of carbonyl (C=O) groups excluding carboxylic acids is 2. The van der Waals surface area contributed by atoms with Crippen LogP contribution in [0, 0.1) is 11.3 Å². The normalized spacial score (nSPS) is 9.31. The lowest BCUT2D eigenvalue weighted by molar-refractivity contribution is 0.102. The highest BCUT2D eigenvalue weighted by molar-refractivity contribution is 6.30. The predicted molar refractivity (Wildman–Crippen MR) is 58.1 cm³/mol. The maximum Gasteiger partial charge on any atom is 0.179 e. The number of aldehydes is 1. The molecule has 82 valence electrons. The van der Waals surface area contributed by atoms with Crippen molar-refractivity contribution in [1.29, 1.82) is 5.26 Å².